The zero-order valence-corrected chi connectivity index (χ0v) is 13.8. The van der Waals surface area contributed by atoms with Gasteiger partial charge in [-0.2, -0.15) is 0 Å². The standard InChI is InChI=1S/C17H26FN3O2/c1-12-3-5-21(6-4-12)11-16(22)10-19-17(23)20-15-8-13(2)7-14(18)9-15/h7-9,12,16,22H,3-6,10-11H2,1-2H3,(H2,19,20,23). The van der Waals surface area contributed by atoms with E-state index in [0.29, 0.717) is 12.2 Å². The van der Waals surface area contributed by atoms with Crippen molar-refractivity contribution in [1.29, 1.82) is 0 Å². The molecule has 1 saturated heterocycles. The van der Waals surface area contributed by atoms with Gasteiger partial charge in [0, 0.05) is 18.8 Å². The summed E-state index contributed by atoms with van der Waals surface area (Å²) < 4.78 is 13.3. The summed E-state index contributed by atoms with van der Waals surface area (Å²) >= 11 is 0. The molecule has 0 radical (unpaired) electrons. The first kappa shape index (κ1) is 17.7. The summed E-state index contributed by atoms with van der Waals surface area (Å²) in [6, 6.07) is 3.90. The monoisotopic (exact) mass is 323 g/mol. The quantitative estimate of drug-likeness (QED) is 0.779. The smallest absolute Gasteiger partial charge is 0.319 e. The summed E-state index contributed by atoms with van der Waals surface area (Å²) in [6.07, 6.45) is 1.70. The van der Waals surface area contributed by atoms with Gasteiger partial charge < -0.3 is 20.6 Å². The second-order valence-corrected chi connectivity index (χ2v) is 6.49. The minimum atomic E-state index is -0.608. The van der Waals surface area contributed by atoms with E-state index >= 15 is 0 Å². The molecule has 2 amide bonds. The lowest BCUT2D eigenvalue weighted by Gasteiger charge is -2.31. The van der Waals surface area contributed by atoms with Crippen LogP contribution in [0.5, 0.6) is 0 Å². The van der Waals surface area contributed by atoms with Crippen molar-refractivity contribution in [2.75, 3.05) is 31.5 Å². The Balaban J connectivity index is 1.71. The number of hydrogen-bond donors (Lipinski definition) is 3. The third kappa shape index (κ3) is 6.15. The predicted octanol–water partition coefficient (Wildman–Crippen LogP) is 2.35. The summed E-state index contributed by atoms with van der Waals surface area (Å²) in [7, 11) is 0. The first-order valence-corrected chi connectivity index (χ1v) is 8.15. The average Bonchev–Trinajstić information content (AvgIpc) is 2.46. The van der Waals surface area contributed by atoms with Gasteiger partial charge in [0.2, 0.25) is 0 Å². The maximum atomic E-state index is 13.3. The first-order chi connectivity index (χ1) is 10.9. The molecule has 0 aliphatic carbocycles. The highest BCUT2D eigenvalue weighted by molar-refractivity contribution is 5.89. The van der Waals surface area contributed by atoms with Crippen molar-refractivity contribution in [3.63, 3.8) is 0 Å². The van der Waals surface area contributed by atoms with E-state index in [1.807, 2.05) is 0 Å². The van der Waals surface area contributed by atoms with Gasteiger partial charge in [-0.25, -0.2) is 9.18 Å². The Morgan fingerprint density at radius 3 is 2.74 bits per heavy atom. The maximum absolute atomic E-state index is 13.3. The molecule has 0 aromatic heterocycles. The van der Waals surface area contributed by atoms with Crippen LogP contribution in [0.15, 0.2) is 18.2 Å². The summed E-state index contributed by atoms with van der Waals surface area (Å²) in [5.41, 5.74) is 1.14. The number of aryl methyl sites for hydroxylation is 1. The van der Waals surface area contributed by atoms with Crippen molar-refractivity contribution >= 4 is 11.7 Å². The lowest BCUT2D eigenvalue weighted by atomic mass is 9.99. The van der Waals surface area contributed by atoms with E-state index in [0.717, 1.165) is 37.4 Å². The molecule has 0 bridgehead atoms. The van der Waals surface area contributed by atoms with Crippen molar-refractivity contribution in [2.45, 2.75) is 32.8 Å². The van der Waals surface area contributed by atoms with E-state index in [-0.39, 0.29) is 12.4 Å². The van der Waals surface area contributed by atoms with E-state index in [9.17, 15) is 14.3 Å². The summed E-state index contributed by atoms with van der Waals surface area (Å²) in [6.45, 7) is 6.72. The molecule has 1 aromatic carbocycles. The Morgan fingerprint density at radius 1 is 1.39 bits per heavy atom. The summed E-state index contributed by atoms with van der Waals surface area (Å²) in [5, 5.41) is 15.2. The minimum Gasteiger partial charge on any atom is -0.390 e. The highest BCUT2D eigenvalue weighted by Gasteiger charge is 2.18. The number of amides is 2. The van der Waals surface area contributed by atoms with Gasteiger partial charge in [0.05, 0.1) is 6.10 Å². The molecule has 1 fully saturated rings. The number of β-amino-alcohol motifs (C(OH)–C–C–N with tert-alkyl or cyclic N) is 1. The molecule has 1 aromatic rings. The van der Waals surface area contributed by atoms with Crippen LogP contribution in [-0.4, -0.2) is 48.3 Å². The topological polar surface area (TPSA) is 64.6 Å². The molecule has 1 heterocycles. The number of aliphatic hydroxyl groups is 1. The van der Waals surface area contributed by atoms with E-state index in [1.165, 1.54) is 12.1 Å². The van der Waals surface area contributed by atoms with Gasteiger partial charge in [-0.15, -0.1) is 0 Å². The Morgan fingerprint density at radius 2 is 2.09 bits per heavy atom. The largest absolute Gasteiger partial charge is 0.390 e. The fraction of sp³-hybridized carbons (Fsp3) is 0.588. The maximum Gasteiger partial charge on any atom is 0.319 e. The van der Waals surface area contributed by atoms with Gasteiger partial charge in [0.15, 0.2) is 0 Å². The molecule has 2 rings (SSSR count). The zero-order chi connectivity index (χ0) is 16.8. The van der Waals surface area contributed by atoms with Crippen molar-refractivity contribution < 1.29 is 14.3 Å². The lowest BCUT2D eigenvalue weighted by Crippen LogP contribution is -2.43. The first-order valence-electron chi connectivity index (χ1n) is 8.15. The third-order valence-corrected chi connectivity index (χ3v) is 4.14. The van der Waals surface area contributed by atoms with E-state index in [1.54, 1.807) is 13.0 Å². The molecule has 23 heavy (non-hydrogen) atoms. The molecule has 1 aliphatic heterocycles. The van der Waals surface area contributed by atoms with E-state index in [2.05, 4.69) is 22.5 Å². The number of hydrogen-bond acceptors (Lipinski definition) is 3. The van der Waals surface area contributed by atoms with Gasteiger partial charge in [-0.05, 0) is 62.5 Å². The highest BCUT2D eigenvalue weighted by Crippen LogP contribution is 2.16. The molecular formula is C17H26FN3O2. The van der Waals surface area contributed by atoms with Crippen LogP contribution < -0.4 is 10.6 Å². The number of benzene rings is 1. The second kappa shape index (κ2) is 8.26. The van der Waals surface area contributed by atoms with Crippen LogP contribution >= 0.6 is 0 Å². The van der Waals surface area contributed by atoms with Gasteiger partial charge in [0.1, 0.15) is 5.82 Å². The normalized spacial score (nSPS) is 17.7. The van der Waals surface area contributed by atoms with Gasteiger partial charge in [-0.3, -0.25) is 0 Å². The van der Waals surface area contributed by atoms with Crippen molar-refractivity contribution in [3.05, 3.63) is 29.6 Å². The fourth-order valence-electron chi connectivity index (χ4n) is 2.80. The number of likely N-dealkylation sites (tertiary alicyclic amines) is 1. The molecular weight excluding hydrogens is 297 g/mol. The fourth-order valence-corrected chi connectivity index (χ4v) is 2.80. The number of urea groups is 1. The Hall–Kier alpha value is -1.66. The lowest BCUT2D eigenvalue weighted by molar-refractivity contribution is 0.0924. The number of anilines is 1. The number of carbonyl (C=O) groups is 1. The molecule has 1 unspecified atom stereocenters. The number of nitrogens with one attached hydrogen (secondary N) is 2. The molecule has 6 heteroatoms. The Kier molecular flexibility index (Phi) is 6.36. The molecule has 3 N–H and O–H groups in total. The number of aliphatic hydroxyl groups excluding tert-OH is 1. The molecule has 1 atom stereocenters. The summed E-state index contributed by atoms with van der Waals surface area (Å²) in [5.74, 6) is 0.363. The average molecular weight is 323 g/mol. The van der Waals surface area contributed by atoms with Gasteiger partial charge in [0.25, 0.3) is 0 Å². The summed E-state index contributed by atoms with van der Waals surface area (Å²) in [4.78, 5) is 14.0. The van der Waals surface area contributed by atoms with Crippen LogP contribution in [0, 0.1) is 18.7 Å². The van der Waals surface area contributed by atoms with Crippen molar-refractivity contribution in [1.82, 2.24) is 10.2 Å². The van der Waals surface area contributed by atoms with Crippen LogP contribution in [0.3, 0.4) is 0 Å². The molecule has 0 saturated carbocycles. The van der Waals surface area contributed by atoms with Crippen LogP contribution in [0.25, 0.3) is 0 Å². The van der Waals surface area contributed by atoms with Crippen LogP contribution in [0.4, 0.5) is 14.9 Å². The van der Waals surface area contributed by atoms with Crippen molar-refractivity contribution in [3.8, 4) is 0 Å². The molecule has 128 valence electrons. The third-order valence-electron chi connectivity index (χ3n) is 4.14. The van der Waals surface area contributed by atoms with Gasteiger partial charge >= 0.3 is 6.03 Å². The van der Waals surface area contributed by atoms with E-state index < -0.39 is 12.1 Å². The van der Waals surface area contributed by atoms with Gasteiger partial charge in [-0.1, -0.05) is 6.92 Å². The molecule has 5 nitrogen and oxygen atoms in total. The van der Waals surface area contributed by atoms with Crippen molar-refractivity contribution in [2.24, 2.45) is 5.92 Å². The number of piperidine rings is 1. The molecule has 1 aliphatic rings. The number of halogens is 1. The number of rotatable bonds is 5. The minimum absolute atomic E-state index is 0.173. The predicted molar refractivity (Wildman–Crippen MR) is 89.0 cm³/mol. The highest BCUT2D eigenvalue weighted by atomic mass is 19.1. The molecule has 0 spiro atoms. The Bertz CT molecular complexity index is 510. The Labute approximate surface area is 136 Å². The van der Waals surface area contributed by atoms with Crippen LogP contribution in [0.1, 0.15) is 25.3 Å². The SMILES string of the molecule is Cc1cc(F)cc(NC(=O)NCC(O)CN2CCC(C)CC2)c1. The number of carbonyl (C=O) groups excluding carboxylic acids is 1. The van der Waals surface area contributed by atoms with Crippen LogP contribution in [0.2, 0.25) is 0 Å². The van der Waals surface area contributed by atoms with E-state index in [4.69, 9.17) is 0 Å². The zero-order valence-electron chi connectivity index (χ0n) is 13.8. The van der Waals surface area contributed by atoms with Crippen LogP contribution in [-0.2, 0) is 0 Å². The number of nitrogens with zero attached hydrogens (tertiary/aromatic N) is 1. The second-order valence-electron chi connectivity index (χ2n) is 6.49.